The molecule has 1 aromatic rings. The number of aryl methyl sites for hydroxylation is 1. The van der Waals surface area contributed by atoms with Gasteiger partial charge in [-0.15, -0.1) is 0 Å². The number of nitrogens with two attached hydrogens (primary N) is 2. The number of sulfone groups is 1. The van der Waals surface area contributed by atoms with Crippen molar-refractivity contribution in [2.45, 2.75) is 18.2 Å². The lowest BCUT2D eigenvalue weighted by Crippen LogP contribution is -3.00. The summed E-state index contributed by atoms with van der Waals surface area (Å²) in [7, 11) is -3.55. The van der Waals surface area contributed by atoms with Crippen LogP contribution in [-0.4, -0.2) is 31.8 Å². The van der Waals surface area contributed by atoms with Gasteiger partial charge >= 0.3 is 11.9 Å². The predicted molar refractivity (Wildman–Crippen MR) is 70.9 cm³/mol. The number of hydrogen-bond donors (Lipinski definition) is 3. The van der Waals surface area contributed by atoms with Crippen LogP contribution in [0, 0.1) is 6.92 Å². The average Bonchev–Trinajstić information content (AvgIpc) is 2.33. The molecule has 2 rings (SSSR count). The Labute approximate surface area is 127 Å². The van der Waals surface area contributed by atoms with Gasteiger partial charge in [0.1, 0.15) is 0 Å². The van der Waals surface area contributed by atoms with Crippen molar-refractivity contribution >= 4 is 27.5 Å². The quantitative estimate of drug-likeness (QED) is 0.348. The number of nitrogens with one attached hydrogen (secondary N) is 1. The Morgan fingerprint density at radius 2 is 1.90 bits per heavy atom. The minimum absolute atomic E-state index is 0. The zero-order valence-electron chi connectivity index (χ0n) is 11.1. The van der Waals surface area contributed by atoms with Crippen LogP contribution in [0.2, 0.25) is 0 Å². The summed E-state index contributed by atoms with van der Waals surface area (Å²) in [5.74, 6) is -1.38. The Hall–Kier alpha value is -1.93. The summed E-state index contributed by atoms with van der Waals surface area (Å²) >= 11 is 0. The monoisotopic (exact) mass is 331 g/mol. The fourth-order valence-corrected chi connectivity index (χ4v) is 3.56. The molecule has 1 aliphatic heterocycles. The summed E-state index contributed by atoms with van der Waals surface area (Å²) in [5.41, 5.74) is 11.1. The third-order valence-electron chi connectivity index (χ3n) is 3.06. The molecule has 0 atom stereocenters. The Morgan fingerprint density at radius 3 is 2.48 bits per heavy atom. The van der Waals surface area contributed by atoms with Crippen molar-refractivity contribution in [1.29, 1.82) is 0 Å². The van der Waals surface area contributed by atoms with E-state index in [-0.39, 0.29) is 52.3 Å². The van der Waals surface area contributed by atoms with Crippen molar-refractivity contribution in [3.8, 4) is 0 Å². The molecule has 9 heteroatoms. The van der Waals surface area contributed by atoms with Crippen molar-refractivity contribution in [2.24, 2.45) is 11.5 Å². The number of Topliss-reactive ketones (excluding diaryl/α,β-unsaturated/α-hetero) is 1. The number of rotatable bonds is 1. The van der Waals surface area contributed by atoms with Crippen molar-refractivity contribution in [2.75, 3.05) is 5.75 Å². The van der Waals surface area contributed by atoms with Crippen LogP contribution < -0.4 is 28.9 Å². The summed E-state index contributed by atoms with van der Waals surface area (Å²) in [5, 5.41) is 0. The molecule has 0 radical (unpaired) electrons. The van der Waals surface area contributed by atoms with E-state index < -0.39 is 15.7 Å². The SMILES string of the molecule is Cc1cc2c(cc1C(=O)[NH+]=C(N)N)S(=O)(=O)CCC2=O.[Cl-]. The second-order valence-corrected chi connectivity index (χ2v) is 6.64. The molecular weight excluding hydrogens is 318 g/mol. The molecule has 7 nitrogen and oxygen atoms in total. The smallest absolute Gasteiger partial charge is 0.346 e. The Bertz CT molecular complexity index is 752. The Morgan fingerprint density at radius 1 is 1.29 bits per heavy atom. The van der Waals surface area contributed by atoms with Gasteiger partial charge in [0.25, 0.3) is 0 Å². The van der Waals surface area contributed by atoms with Crippen molar-refractivity contribution in [3.05, 3.63) is 28.8 Å². The summed E-state index contributed by atoms with van der Waals surface area (Å²) < 4.78 is 24.0. The van der Waals surface area contributed by atoms with Gasteiger partial charge in [-0.05, 0) is 24.6 Å². The topological polar surface area (TPSA) is 134 Å². The number of carbonyl (C=O) groups is 2. The maximum atomic E-state index is 12.0. The van der Waals surface area contributed by atoms with E-state index in [2.05, 4.69) is 4.99 Å². The molecule has 1 aliphatic rings. The van der Waals surface area contributed by atoms with Crippen molar-refractivity contribution in [1.82, 2.24) is 0 Å². The maximum absolute atomic E-state index is 12.0. The van der Waals surface area contributed by atoms with E-state index in [0.29, 0.717) is 5.56 Å². The van der Waals surface area contributed by atoms with Gasteiger partial charge in [0.2, 0.25) is 0 Å². The molecule has 0 spiro atoms. The first kappa shape index (κ1) is 17.1. The number of hydrogen-bond acceptors (Lipinski definition) is 4. The van der Waals surface area contributed by atoms with E-state index >= 15 is 0 Å². The van der Waals surface area contributed by atoms with Crippen LogP contribution in [0.1, 0.15) is 32.7 Å². The van der Waals surface area contributed by atoms with Gasteiger partial charge < -0.3 is 12.4 Å². The summed E-state index contributed by atoms with van der Waals surface area (Å²) in [6.07, 6.45) is -0.0379. The minimum Gasteiger partial charge on any atom is -1.00 e. The van der Waals surface area contributed by atoms with E-state index in [1.54, 1.807) is 6.92 Å². The molecule has 0 bridgehead atoms. The van der Waals surface area contributed by atoms with Gasteiger partial charge in [0.15, 0.2) is 15.6 Å². The third-order valence-corrected chi connectivity index (χ3v) is 4.81. The largest absolute Gasteiger partial charge is 1.00 e. The van der Waals surface area contributed by atoms with Gasteiger partial charge in [0.05, 0.1) is 16.2 Å². The Balaban J connectivity index is 0.00000220. The van der Waals surface area contributed by atoms with Crippen molar-refractivity contribution < 1.29 is 35.4 Å². The average molecular weight is 332 g/mol. The fourth-order valence-electron chi connectivity index (χ4n) is 2.08. The molecule has 0 aliphatic carbocycles. The molecule has 0 saturated carbocycles. The Kier molecular flexibility index (Phi) is 4.75. The number of fused-ring (bicyclic) bond motifs is 1. The number of benzene rings is 1. The van der Waals surface area contributed by atoms with Crippen LogP contribution in [0.15, 0.2) is 17.0 Å². The van der Waals surface area contributed by atoms with E-state index in [1.165, 1.54) is 12.1 Å². The number of ketones is 1. The van der Waals surface area contributed by atoms with Gasteiger partial charge in [-0.3, -0.25) is 21.1 Å². The van der Waals surface area contributed by atoms with Crippen LogP contribution in [0.3, 0.4) is 0 Å². The molecule has 5 N–H and O–H groups in total. The van der Waals surface area contributed by atoms with E-state index in [9.17, 15) is 18.0 Å². The zero-order chi connectivity index (χ0) is 15.1. The number of carbonyl (C=O) groups excluding carboxylic acids is 2. The molecule has 0 unspecified atom stereocenters. The van der Waals surface area contributed by atoms with Gasteiger partial charge in [-0.25, -0.2) is 13.4 Å². The lowest BCUT2D eigenvalue weighted by Gasteiger charge is -2.17. The van der Waals surface area contributed by atoms with Crippen molar-refractivity contribution in [3.63, 3.8) is 0 Å². The highest BCUT2D eigenvalue weighted by molar-refractivity contribution is 7.91. The highest BCUT2D eigenvalue weighted by Crippen LogP contribution is 2.27. The van der Waals surface area contributed by atoms with E-state index in [1.807, 2.05) is 0 Å². The van der Waals surface area contributed by atoms with Crippen LogP contribution in [-0.2, 0) is 9.84 Å². The summed E-state index contributed by atoms with van der Waals surface area (Å²) in [4.78, 5) is 25.7. The van der Waals surface area contributed by atoms with E-state index in [4.69, 9.17) is 11.5 Å². The first-order valence-electron chi connectivity index (χ1n) is 5.82. The van der Waals surface area contributed by atoms with Crippen LogP contribution >= 0.6 is 0 Å². The zero-order valence-corrected chi connectivity index (χ0v) is 12.7. The molecule has 1 amide bonds. The maximum Gasteiger partial charge on any atom is 0.346 e. The number of amides is 1. The molecule has 1 aromatic carbocycles. The van der Waals surface area contributed by atoms with Crippen LogP contribution in [0.5, 0.6) is 0 Å². The summed E-state index contributed by atoms with van der Waals surface area (Å²) in [6.45, 7) is 1.61. The van der Waals surface area contributed by atoms with E-state index in [0.717, 1.165) is 0 Å². The minimum atomic E-state index is -3.55. The lowest BCUT2D eigenvalue weighted by atomic mass is 10.0. The molecule has 0 saturated heterocycles. The second kappa shape index (κ2) is 5.82. The highest BCUT2D eigenvalue weighted by Gasteiger charge is 2.30. The third kappa shape index (κ3) is 3.22. The van der Waals surface area contributed by atoms with Gasteiger partial charge in [-0.2, -0.15) is 0 Å². The first-order valence-corrected chi connectivity index (χ1v) is 7.47. The van der Waals surface area contributed by atoms with Crippen LogP contribution in [0.4, 0.5) is 0 Å². The van der Waals surface area contributed by atoms with Crippen LogP contribution in [0.25, 0.3) is 0 Å². The van der Waals surface area contributed by atoms with Gasteiger partial charge in [0, 0.05) is 12.0 Å². The fraction of sp³-hybridized carbons (Fsp3) is 0.250. The standard InChI is InChI=1S/C12H13N3O4S.ClH/c1-6-4-8-9(16)2-3-20(18,19)10(8)5-7(6)11(17)15-12(13)14;/h4-5H,2-3H2,1H3,(H4,13,14,15,17);1H. The van der Waals surface area contributed by atoms with Gasteiger partial charge in [-0.1, -0.05) is 0 Å². The highest BCUT2D eigenvalue weighted by atomic mass is 35.5. The molecule has 0 aromatic heterocycles. The molecule has 0 fully saturated rings. The molecule has 21 heavy (non-hydrogen) atoms. The molecular formula is C12H14ClN3O4S. The normalized spacial score (nSPS) is 15.6. The second-order valence-electron chi connectivity index (χ2n) is 4.56. The molecule has 114 valence electrons. The summed E-state index contributed by atoms with van der Waals surface area (Å²) in [6, 6.07) is 2.62. The molecule has 1 heterocycles. The lowest BCUT2D eigenvalue weighted by molar-refractivity contribution is -0.347. The first-order chi connectivity index (χ1) is 9.22. The number of halogens is 1. The number of guanidine groups is 1. The predicted octanol–water partition coefficient (Wildman–Crippen LogP) is -5.15.